The van der Waals surface area contributed by atoms with Gasteiger partial charge in [0.2, 0.25) is 0 Å². The van der Waals surface area contributed by atoms with Crippen LogP contribution in [-0.4, -0.2) is 38.3 Å². The summed E-state index contributed by atoms with van der Waals surface area (Å²) < 4.78 is 11.6. The van der Waals surface area contributed by atoms with Crippen molar-refractivity contribution in [2.24, 2.45) is 0 Å². The van der Waals surface area contributed by atoms with Gasteiger partial charge in [0.25, 0.3) is 0 Å². The summed E-state index contributed by atoms with van der Waals surface area (Å²) in [5, 5.41) is 0. The Morgan fingerprint density at radius 3 is 2.69 bits per heavy atom. The molecule has 16 heavy (non-hydrogen) atoms. The highest BCUT2D eigenvalue weighted by Crippen LogP contribution is 2.26. The summed E-state index contributed by atoms with van der Waals surface area (Å²) in [6.07, 6.45) is 1.05. The van der Waals surface area contributed by atoms with Gasteiger partial charge in [0.05, 0.1) is 12.7 Å². The fourth-order valence-corrected chi connectivity index (χ4v) is 1.92. The third kappa shape index (κ3) is 3.04. The highest BCUT2D eigenvalue weighted by Gasteiger charge is 2.24. The van der Waals surface area contributed by atoms with E-state index < -0.39 is 0 Å². The van der Waals surface area contributed by atoms with Gasteiger partial charge in [0, 0.05) is 12.1 Å². The number of nitrogens with zero attached hydrogens (tertiary/aromatic N) is 1. The first-order chi connectivity index (χ1) is 7.75. The lowest BCUT2D eigenvalue weighted by atomic mass is 10.2. The maximum atomic E-state index is 5.92. The number of ether oxygens (including phenoxy) is 2. The van der Waals surface area contributed by atoms with Crippen LogP contribution < -0.4 is 0 Å². The number of likely N-dealkylation sites (N-methyl/N-ethyl adjacent to an activating group) is 1. The largest absolute Gasteiger partial charge is 0.348 e. The molecule has 1 aliphatic rings. The van der Waals surface area contributed by atoms with Crippen molar-refractivity contribution < 1.29 is 9.47 Å². The van der Waals surface area contributed by atoms with Gasteiger partial charge < -0.3 is 14.4 Å². The molecule has 0 aliphatic carbocycles. The molecule has 0 unspecified atom stereocenters. The number of benzene rings is 1. The molecule has 2 rings (SSSR count). The van der Waals surface area contributed by atoms with Crippen molar-refractivity contribution in [3.05, 3.63) is 35.9 Å². The fourth-order valence-electron chi connectivity index (χ4n) is 1.92. The molecule has 0 radical (unpaired) electrons. The van der Waals surface area contributed by atoms with E-state index >= 15 is 0 Å². The van der Waals surface area contributed by atoms with Crippen molar-refractivity contribution >= 4 is 0 Å². The van der Waals surface area contributed by atoms with Crippen LogP contribution in [0.5, 0.6) is 0 Å². The minimum absolute atomic E-state index is 0.195. The van der Waals surface area contributed by atoms with Crippen LogP contribution in [0.1, 0.15) is 18.3 Å². The molecule has 1 aromatic rings. The molecule has 0 N–H and O–H groups in total. The lowest BCUT2D eigenvalue weighted by Crippen LogP contribution is -2.35. The summed E-state index contributed by atoms with van der Waals surface area (Å²) in [7, 11) is 4.13. The van der Waals surface area contributed by atoms with Gasteiger partial charge in [-0.1, -0.05) is 30.3 Å². The molecular formula is C13H19NO2. The van der Waals surface area contributed by atoms with Gasteiger partial charge in [-0.3, -0.25) is 0 Å². The van der Waals surface area contributed by atoms with E-state index in [1.54, 1.807) is 0 Å². The number of hydrogen-bond acceptors (Lipinski definition) is 3. The summed E-state index contributed by atoms with van der Waals surface area (Å²) in [4.78, 5) is 2.15. The van der Waals surface area contributed by atoms with Crippen molar-refractivity contribution in [2.75, 3.05) is 27.2 Å². The molecule has 0 bridgehead atoms. The molecule has 0 saturated carbocycles. The van der Waals surface area contributed by atoms with Crippen molar-refractivity contribution in [1.29, 1.82) is 0 Å². The van der Waals surface area contributed by atoms with Crippen LogP contribution in [0.3, 0.4) is 0 Å². The standard InChI is InChI=1S/C13H19NO2/c1-14(2)10-12-8-9-15-13(16-12)11-6-4-3-5-7-11/h3-7,12-13H,8-10H2,1-2H3/t12-,13-/m1/s1. The Morgan fingerprint density at radius 1 is 1.25 bits per heavy atom. The Kier molecular flexibility index (Phi) is 3.93. The minimum Gasteiger partial charge on any atom is -0.348 e. The van der Waals surface area contributed by atoms with Crippen LogP contribution in [0.4, 0.5) is 0 Å². The second kappa shape index (κ2) is 5.43. The highest BCUT2D eigenvalue weighted by atomic mass is 16.7. The number of hydrogen-bond donors (Lipinski definition) is 0. The Hall–Kier alpha value is -0.900. The van der Waals surface area contributed by atoms with E-state index in [1.165, 1.54) is 0 Å². The molecule has 0 amide bonds. The highest BCUT2D eigenvalue weighted by molar-refractivity contribution is 5.16. The first-order valence-electron chi connectivity index (χ1n) is 5.72. The third-order valence-corrected chi connectivity index (χ3v) is 2.67. The minimum atomic E-state index is -0.195. The Labute approximate surface area is 97.0 Å². The molecule has 2 atom stereocenters. The van der Waals surface area contributed by atoms with E-state index in [4.69, 9.17) is 9.47 Å². The molecule has 3 heteroatoms. The predicted octanol–water partition coefficient (Wildman–Crippen LogP) is 2.05. The smallest absolute Gasteiger partial charge is 0.184 e. The zero-order chi connectivity index (χ0) is 11.4. The van der Waals surface area contributed by atoms with Crippen molar-refractivity contribution in [1.82, 2.24) is 4.90 Å². The molecule has 0 aromatic heterocycles. The topological polar surface area (TPSA) is 21.7 Å². The first kappa shape index (κ1) is 11.6. The van der Waals surface area contributed by atoms with E-state index in [0.717, 1.165) is 25.1 Å². The Morgan fingerprint density at radius 2 is 2.00 bits per heavy atom. The van der Waals surface area contributed by atoms with Gasteiger partial charge in [-0.2, -0.15) is 0 Å². The summed E-state index contributed by atoms with van der Waals surface area (Å²) in [5.41, 5.74) is 1.10. The SMILES string of the molecule is CN(C)C[C@H]1CCO[C@@H](c2ccccc2)O1. The zero-order valence-electron chi connectivity index (χ0n) is 9.93. The van der Waals surface area contributed by atoms with Gasteiger partial charge in [-0.05, 0) is 20.5 Å². The van der Waals surface area contributed by atoms with E-state index in [-0.39, 0.29) is 12.4 Å². The van der Waals surface area contributed by atoms with Gasteiger partial charge in [-0.25, -0.2) is 0 Å². The van der Waals surface area contributed by atoms with Crippen molar-refractivity contribution in [3.8, 4) is 0 Å². The van der Waals surface area contributed by atoms with Crippen molar-refractivity contribution in [2.45, 2.75) is 18.8 Å². The maximum absolute atomic E-state index is 5.92. The molecule has 1 saturated heterocycles. The van der Waals surface area contributed by atoms with Crippen LogP contribution in [-0.2, 0) is 9.47 Å². The summed E-state index contributed by atoms with van der Waals surface area (Å²) in [5.74, 6) is 0. The number of rotatable bonds is 3. The van der Waals surface area contributed by atoms with E-state index in [9.17, 15) is 0 Å². The average Bonchev–Trinajstić information content (AvgIpc) is 2.30. The molecular weight excluding hydrogens is 202 g/mol. The predicted molar refractivity (Wildman–Crippen MR) is 63.2 cm³/mol. The van der Waals surface area contributed by atoms with Crippen LogP contribution >= 0.6 is 0 Å². The lowest BCUT2D eigenvalue weighted by Gasteiger charge is -2.31. The van der Waals surface area contributed by atoms with Crippen LogP contribution in [0.15, 0.2) is 30.3 Å². The monoisotopic (exact) mass is 221 g/mol. The molecule has 1 heterocycles. The van der Waals surface area contributed by atoms with Crippen LogP contribution in [0, 0.1) is 0 Å². The van der Waals surface area contributed by atoms with E-state index in [1.807, 2.05) is 30.3 Å². The summed E-state index contributed by atoms with van der Waals surface area (Å²) >= 11 is 0. The van der Waals surface area contributed by atoms with E-state index in [2.05, 4.69) is 19.0 Å². The van der Waals surface area contributed by atoms with Crippen LogP contribution in [0.2, 0.25) is 0 Å². The Balaban J connectivity index is 1.97. The second-order valence-corrected chi connectivity index (χ2v) is 4.42. The van der Waals surface area contributed by atoms with Gasteiger partial charge in [0.1, 0.15) is 0 Å². The van der Waals surface area contributed by atoms with Gasteiger partial charge in [-0.15, -0.1) is 0 Å². The second-order valence-electron chi connectivity index (χ2n) is 4.42. The zero-order valence-corrected chi connectivity index (χ0v) is 9.93. The average molecular weight is 221 g/mol. The molecule has 3 nitrogen and oxygen atoms in total. The molecule has 1 aliphatic heterocycles. The molecule has 88 valence electrons. The summed E-state index contributed by atoms with van der Waals surface area (Å²) in [6.45, 7) is 1.73. The van der Waals surface area contributed by atoms with Gasteiger partial charge in [0.15, 0.2) is 6.29 Å². The van der Waals surface area contributed by atoms with Crippen LogP contribution in [0.25, 0.3) is 0 Å². The normalized spacial score (nSPS) is 25.9. The van der Waals surface area contributed by atoms with Crippen molar-refractivity contribution in [3.63, 3.8) is 0 Å². The van der Waals surface area contributed by atoms with E-state index in [0.29, 0.717) is 0 Å². The van der Waals surface area contributed by atoms with Gasteiger partial charge >= 0.3 is 0 Å². The maximum Gasteiger partial charge on any atom is 0.184 e. The third-order valence-electron chi connectivity index (χ3n) is 2.67. The summed E-state index contributed by atoms with van der Waals surface area (Å²) in [6, 6.07) is 10.1. The first-order valence-corrected chi connectivity index (χ1v) is 5.72. The Bertz CT molecular complexity index is 313. The quantitative estimate of drug-likeness (QED) is 0.779. The molecule has 1 fully saturated rings. The molecule has 1 aromatic carbocycles. The lowest BCUT2D eigenvalue weighted by molar-refractivity contribution is -0.219. The fraction of sp³-hybridized carbons (Fsp3) is 0.538. The molecule has 0 spiro atoms.